The Bertz CT molecular complexity index is 609. The van der Waals surface area contributed by atoms with Crippen molar-refractivity contribution in [1.29, 1.82) is 0 Å². The van der Waals surface area contributed by atoms with Gasteiger partial charge in [0.05, 0.1) is 12.1 Å². The van der Waals surface area contributed by atoms with Crippen LogP contribution in [0, 0.1) is 0 Å². The Balaban J connectivity index is 1.85. The SMILES string of the molecule is O=C(N[C@H]1c2ccccc2CC[C@@H]1O)c1ccccc1. The number of amides is 1. The highest BCUT2D eigenvalue weighted by atomic mass is 16.3. The molecule has 0 aliphatic heterocycles. The van der Waals surface area contributed by atoms with E-state index in [1.807, 2.05) is 36.4 Å². The maximum Gasteiger partial charge on any atom is 0.251 e. The van der Waals surface area contributed by atoms with Crippen molar-refractivity contribution in [2.75, 3.05) is 0 Å². The largest absolute Gasteiger partial charge is 0.391 e. The summed E-state index contributed by atoms with van der Waals surface area (Å²) in [6, 6.07) is 16.7. The van der Waals surface area contributed by atoms with E-state index in [2.05, 4.69) is 11.4 Å². The third-order valence-electron chi connectivity index (χ3n) is 3.81. The Morgan fingerprint density at radius 1 is 1.05 bits per heavy atom. The molecule has 102 valence electrons. The molecular formula is C17H17NO2. The van der Waals surface area contributed by atoms with E-state index < -0.39 is 6.10 Å². The van der Waals surface area contributed by atoms with Crippen LogP contribution < -0.4 is 5.32 Å². The maximum absolute atomic E-state index is 12.2. The lowest BCUT2D eigenvalue weighted by molar-refractivity contribution is 0.0791. The number of fused-ring (bicyclic) bond motifs is 1. The monoisotopic (exact) mass is 267 g/mol. The van der Waals surface area contributed by atoms with Crippen molar-refractivity contribution in [3.8, 4) is 0 Å². The summed E-state index contributed by atoms with van der Waals surface area (Å²) in [6.45, 7) is 0. The topological polar surface area (TPSA) is 49.3 Å². The van der Waals surface area contributed by atoms with Gasteiger partial charge in [-0.15, -0.1) is 0 Å². The third kappa shape index (κ3) is 2.45. The highest BCUT2D eigenvalue weighted by Crippen LogP contribution is 2.30. The van der Waals surface area contributed by atoms with Crippen molar-refractivity contribution >= 4 is 5.91 Å². The normalized spacial score (nSPS) is 21.1. The van der Waals surface area contributed by atoms with Crippen LogP contribution in [0.25, 0.3) is 0 Å². The third-order valence-corrected chi connectivity index (χ3v) is 3.81. The second-order valence-corrected chi connectivity index (χ2v) is 5.12. The molecule has 3 heteroatoms. The fraction of sp³-hybridized carbons (Fsp3) is 0.235. The summed E-state index contributed by atoms with van der Waals surface area (Å²) in [5, 5.41) is 13.1. The van der Waals surface area contributed by atoms with Gasteiger partial charge in [0, 0.05) is 5.56 Å². The molecule has 0 saturated heterocycles. The zero-order chi connectivity index (χ0) is 13.9. The number of hydrogen-bond donors (Lipinski definition) is 2. The Kier molecular flexibility index (Phi) is 3.52. The summed E-state index contributed by atoms with van der Waals surface area (Å²) in [5.41, 5.74) is 2.84. The predicted octanol–water partition coefficient (Wildman–Crippen LogP) is 2.46. The fourth-order valence-electron chi connectivity index (χ4n) is 2.73. The number of aliphatic hydroxyl groups is 1. The molecule has 2 N–H and O–H groups in total. The first-order chi connectivity index (χ1) is 9.75. The van der Waals surface area contributed by atoms with Crippen LogP contribution in [0.3, 0.4) is 0 Å². The van der Waals surface area contributed by atoms with Crippen LogP contribution in [0.15, 0.2) is 54.6 Å². The number of nitrogens with one attached hydrogen (secondary N) is 1. The molecule has 0 radical (unpaired) electrons. The van der Waals surface area contributed by atoms with Gasteiger partial charge in [-0.3, -0.25) is 4.79 Å². The molecule has 2 aromatic carbocycles. The zero-order valence-electron chi connectivity index (χ0n) is 11.1. The van der Waals surface area contributed by atoms with E-state index in [-0.39, 0.29) is 11.9 Å². The van der Waals surface area contributed by atoms with Crippen LogP contribution in [-0.2, 0) is 6.42 Å². The first-order valence-electron chi connectivity index (χ1n) is 6.87. The molecular weight excluding hydrogens is 250 g/mol. The molecule has 1 aliphatic rings. The van der Waals surface area contributed by atoms with Gasteiger partial charge in [0.25, 0.3) is 5.91 Å². The lowest BCUT2D eigenvalue weighted by atomic mass is 9.85. The van der Waals surface area contributed by atoms with Crippen molar-refractivity contribution < 1.29 is 9.90 Å². The number of rotatable bonds is 2. The molecule has 1 aliphatic carbocycles. The van der Waals surface area contributed by atoms with Gasteiger partial charge in [0.1, 0.15) is 0 Å². The summed E-state index contributed by atoms with van der Waals surface area (Å²) in [5.74, 6) is -0.147. The molecule has 0 unspecified atom stereocenters. The Morgan fingerprint density at radius 2 is 1.75 bits per heavy atom. The van der Waals surface area contributed by atoms with Crippen LogP contribution in [0.4, 0.5) is 0 Å². The fourth-order valence-corrected chi connectivity index (χ4v) is 2.73. The van der Waals surface area contributed by atoms with Gasteiger partial charge in [-0.25, -0.2) is 0 Å². The van der Waals surface area contributed by atoms with E-state index in [1.54, 1.807) is 12.1 Å². The lowest BCUT2D eigenvalue weighted by Crippen LogP contribution is -2.39. The van der Waals surface area contributed by atoms with Gasteiger partial charge in [-0.2, -0.15) is 0 Å². The van der Waals surface area contributed by atoms with Gasteiger partial charge >= 0.3 is 0 Å². The van der Waals surface area contributed by atoms with Gasteiger partial charge in [0.15, 0.2) is 0 Å². The smallest absolute Gasteiger partial charge is 0.251 e. The van der Waals surface area contributed by atoms with E-state index >= 15 is 0 Å². The van der Waals surface area contributed by atoms with Crippen molar-refractivity contribution in [3.63, 3.8) is 0 Å². The summed E-state index contributed by atoms with van der Waals surface area (Å²) in [6.07, 6.45) is 1.00. The molecule has 20 heavy (non-hydrogen) atoms. The van der Waals surface area contributed by atoms with Gasteiger partial charge < -0.3 is 10.4 Å². The van der Waals surface area contributed by atoms with Gasteiger partial charge in [0.2, 0.25) is 0 Å². The van der Waals surface area contributed by atoms with Crippen LogP contribution >= 0.6 is 0 Å². The summed E-state index contributed by atoms with van der Waals surface area (Å²) >= 11 is 0. The minimum atomic E-state index is -0.530. The molecule has 2 aromatic rings. The van der Waals surface area contributed by atoms with Crippen molar-refractivity contribution in [1.82, 2.24) is 5.32 Å². The first-order valence-corrected chi connectivity index (χ1v) is 6.87. The van der Waals surface area contributed by atoms with Gasteiger partial charge in [-0.1, -0.05) is 42.5 Å². The Hall–Kier alpha value is -2.13. The van der Waals surface area contributed by atoms with Crippen molar-refractivity contribution in [2.45, 2.75) is 25.0 Å². The molecule has 0 aromatic heterocycles. The summed E-state index contributed by atoms with van der Waals surface area (Å²) < 4.78 is 0. The number of aliphatic hydroxyl groups excluding tert-OH is 1. The molecule has 0 spiro atoms. The van der Waals surface area contributed by atoms with Crippen LogP contribution in [0.1, 0.15) is 33.9 Å². The quantitative estimate of drug-likeness (QED) is 0.878. The number of carbonyl (C=O) groups excluding carboxylic acids is 1. The highest BCUT2D eigenvalue weighted by Gasteiger charge is 2.29. The van der Waals surface area contributed by atoms with Crippen molar-refractivity contribution in [3.05, 3.63) is 71.3 Å². The standard InChI is InChI=1S/C17H17NO2/c19-15-11-10-12-6-4-5-9-14(12)16(15)18-17(20)13-7-2-1-3-8-13/h1-9,15-16,19H,10-11H2,(H,18,20)/t15-,16-/m0/s1. The summed E-state index contributed by atoms with van der Waals surface area (Å²) in [7, 11) is 0. The molecule has 3 nitrogen and oxygen atoms in total. The molecule has 0 saturated carbocycles. The molecule has 2 atom stereocenters. The number of aryl methyl sites for hydroxylation is 1. The predicted molar refractivity (Wildman–Crippen MR) is 77.4 cm³/mol. The minimum Gasteiger partial charge on any atom is -0.391 e. The van der Waals surface area contributed by atoms with E-state index in [0.717, 1.165) is 12.0 Å². The molecule has 1 amide bonds. The Labute approximate surface area is 118 Å². The average Bonchev–Trinajstić information content (AvgIpc) is 2.51. The van der Waals surface area contributed by atoms with Crippen LogP contribution in [0.2, 0.25) is 0 Å². The highest BCUT2D eigenvalue weighted by molar-refractivity contribution is 5.94. The molecule has 0 heterocycles. The number of carbonyl (C=O) groups is 1. The second kappa shape index (κ2) is 5.47. The van der Waals surface area contributed by atoms with Gasteiger partial charge in [-0.05, 0) is 36.1 Å². The molecule has 3 rings (SSSR count). The summed E-state index contributed by atoms with van der Waals surface area (Å²) in [4.78, 5) is 12.2. The Morgan fingerprint density at radius 3 is 2.55 bits per heavy atom. The number of hydrogen-bond acceptors (Lipinski definition) is 2. The van der Waals surface area contributed by atoms with Crippen molar-refractivity contribution in [2.24, 2.45) is 0 Å². The van der Waals surface area contributed by atoms with E-state index in [0.29, 0.717) is 12.0 Å². The second-order valence-electron chi connectivity index (χ2n) is 5.12. The molecule has 0 bridgehead atoms. The lowest BCUT2D eigenvalue weighted by Gasteiger charge is -2.31. The number of benzene rings is 2. The average molecular weight is 267 g/mol. The van der Waals surface area contributed by atoms with Crippen LogP contribution in [-0.4, -0.2) is 17.1 Å². The van der Waals surface area contributed by atoms with E-state index in [4.69, 9.17) is 0 Å². The zero-order valence-corrected chi connectivity index (χ0v) is 11.1. The van der Waals surface area contributed by atoms with E-state index in [9.17, 15) is 9.90 Å². The first kappa shape index (κ1) is 12.9. The maximum atomic E-state index is 12.2. The minimum absolute atomic E-state index is 0.147. The molecule has 0 fully saturated rings. The van der Waals surface area contributed by atoms with E-state index in [1.165, 1.54) is 5.56 Å². The van der Waals surface area contributed by atoms with Crippen LogP contribution in [0.5, 0.6) is 0 Å².